The molecule has 98 valence electrons. The maximum Gasteiger partial charge on any atom is 0.329 e. The summed E-state index contributed by atoms with van der Waals surface area (Å²) in [4.78, 5) is 33.9. The quantitative estimate of drug-likeness (QED) is 0.543. The molecule has 0 aromatic heterocycles. The summed E-state index contributed by atoms with van der Waals surface area (Å²) in [6.07, 6.45) is -0.231. The van der Waals surface area contributed by atoms with E-state index in [-0.39, 0.29) is 25.0 Å². The van der Waals surface area contributed by atoms with Crippen LogP contribution < -0.4 is 5.32 Å². The van der Waals surface area contributed by atoms with Crippen molar-refractivity contribution < 1.29 is 23.9 Å². The molecular weight excluding hydrogens is 294 g/mol. The van der Waals surface area contributed by atoms with Crippen molar-refractivity contribution in [3.05, 3.63) is 0 Å². The second kappa shape index (κ2) is 8.98. The maximum absolute atomic E-state index is 11.5. The van der Waals surface area contributed by atoms with Gasteiger partial charge >= 0.3 is 11.9 Å². The van der Waals surface area contributed by atoms with E-state index in [1.54, 1.807) is 13.8 Å². The highest BCUT2D eigenvalue weighted by Crippen LogP contribution is 1.99. The number of amides is 1. The zero-order chi connectivity index (χ0) is 13.3. The molecule has 1 atom stereocenters. The minimum absolute atomic E-state index is 0.0474. The van der Waals surface area contributed by atoms with Crippen LogP contribution >= 0.6 is 15.9 Å². The van der Waals surface area contributed by atoms with Gasteiger partial charge in [-0.05, 0) is 13.8 Å². The SMILES string of the molecule is CCOC(=O)C[C@H](NC(=O)CBr)C(=O)OCC. The standard InChI is InChI=1S/C10H16BrNO5/c1-3-16-9(14)5-7(10(15)17-4-2)12-8(13)6-11/h7H,3-6H2,1-2H3,(H,12,13)/t7-/m0/s1. The number of esters is 2. The van der Waals surface area contributed by atoms with Gasteiger partial charge in [0.2, 0.25) is 5.91 Å². The molecule has 0 fully saturated rings. The molecule has 0 aliphatic heterocycles. The summed E-state index contributed by atoms with van der Waals surface area (Å²) in [6, 6.07) is -1.00. The van der Waals surface area contributed by atoms with Crippen LogP contribution in [0.2, 0.25) is 0 Å². The predicted octanol–water partition coefficient (Wildman–Crippen LogP) is 0.382. The third-order valence-corrected chi connectivity index (χ3v) is 2.21. The van der Waals surface area contributed by atoms with Gasteiger partial charge in [0.15, 0.2) is 0 Å². The number of alkyl halides is 1. The van der Waals surface area contributed by atoms with Gasteiger partial charge in [0.05, 0.1) is 25.0 Å². The van der Waals surface area contributed by atoms with E-state index >= 15 is 0 Å². The molecule has 0 aliphatic rings. The van der Waals surface area contributed by atoms with Crippen LogP contribution in [0.4, 0.5) is 0 Å². The van der Waals surface area contributed by atoms with Gasteiger partial charge in [0.1, 0.15) is 6.04 Å². The zero-order valence-corrected chi connectivity index (χ0v) is 11.4. The first-order valence-corrected chi connectivity index (χ1v) is 6.34. The number of carbonyl (C=O) groups is 3. The van der Waals surface area contributed by atoms with Crippen molar-refractivity contribution in [3.8, 4) is 0 Å². The number of halogens is 1. The molecule has 0 aliphatic carbocycles. The van der Waals surface area contributed by atoms with Crippen LogP contribution in [0.3, 0.4) is 0 Å². The third kappa shape index (κ3) is 6.93. The summed E-state index contributed by atoms with van der Waals surface area (Å²) in [7, 11) is 0. The summed E-state index contributed by atoms with van der Waals surface area (Å²) in [6.45, 7) is 3.71. The second-order valence-corrected chi connectivity index (χ2v) is 3.58. The van der Waals surface area contributed by atoms with Gasteiger partial charge in [-0.25, -0.2) is 4.79 Å². The van der Waals surface area contributed by atoms with Gasteiger partial charge in [0.25, 0.3) is 0 Å². The van der Waals surface area contributed by atoms with Crippen molar-refractivity contribution in [1.29, 1.82) is 0 Å². The first-order chi connectivity index (χ1) is 8.04. The van der Waals surface area contributed by atoms with E-state index < -0.39 is 23.9 Å². The van der Waals surface area contributed by atoms with E-state index in [1.165, 1.54) is 0 Å². The van der Waals surface area contributed by atoms with E-state index in [9.17, 15) is 14.4 Å². The van der Waals surface area contributed by atoms with Crippen LogP contribution in [-0.4, -0.2) is 42.4 Å². The zero-order valence-electron chi connectivity index (χ0n) is 9.82. The molecular formula is C10H16BrNO5. The third-order valence-electron chi connectivity index (χ3n) is 1.70. The monoisotopic (exact) mass is 309 g/mol. The van der Waals surface area contributed by atoms with Gasteiger partial charge in [-0.3, -0.25) is 9.59 Å². The Balaban J connectivity index is 4.44. The fourth-order valence-corrected chi connectivity index (χ4v) is 1.22. The van der Waals surface area contributed by atoms with Crippen LogP contribution in [0.1, 0.15) is 20.3 Å². The molecule has 1 N–H and O–H groups in total. The summed E-state index contributed by atoms with van der Waals surface area (Å²) < 4.78 is 9.46. The number of rotatable bonds is 7. The molecule has 7 heteroatoms. The molecule has 0 saturated carbocycles. The van der Waals surface area contributed by atoms with Crippen molar-refractivity contribution in [1.82, 2.24) is 5.32 Å². The average molecular weight is 310 g/mol. The molecule has 0 unspecified atom stereocenters. The molecule has 0 spiro atoms. The summed E-state index contributed by atoms with van der Waals surface area (Å²) in [5.74, 6) is -1.59. The minimum atomic E-state index is -1.00. The first-order valence-electron chi connectivity index (χ1n) is 5.22. The highest BCUT2D eigenvalue weighted by Gasteiger charge is 2.25. The summed E-state index contributed by atoms with van der Waals surface area (Å²) in [5.41, 5.74) is 0. The lowest BCUT2D eigenvalue weighted by molar-refractivity contribution is -0.153. The minimum Gasteiger partial charge on any atom is -0.466 e. The van der Waals surface area contributed by atoms with Gasteiger partial charge in [-0.1, -0.05) is 15.9 Å². The molecule has 0 rings (SSSR count). The Hall–Kier alpha value is -1.11. The van der Waals surface area contributed by atoms with Crippen LogP contribution in [0.25, 0.3) is 0 Å². The summed E-state index contributed by atoms with van der Waals surface area (Å²) in [5, 5.41) is 2.43. The van der Waals surface area contributed by atoms with Crippen LogP contribution in [0.15, 0.2) is 0 Å². The lowest BCUT2D eigenvalue weighted by atomic mass is 10.2. The Kier molecular flexibility index (Phi) is 8.39. The molecule has 0 radical (unpaired) electrons. The van der Waals surface area contributed by atoms with E-state index in [0.29, 0.717) is 0 Å². The van der Waals surface area contributed by atoms with Crippen molar-refractivity contribution >= 4 is 33.8 Å². The van der Waals surface area contributed by atoms with E-state index in [0.717, 1.165) is 0 Å². The topological polar surface area (TPSA) is 81.7 Å². The Morgan fingerprint density at radius 1 is 1.18 bits per heavy atom. The van der Waals surface area contributed by atoms with Crippen LogP contribution in [-0.2, 0) is 23.9 Å². The first kappa shape index (κ1) is 15.9. The average Bonchev–Trinajstić information content (AvgIpc) is 2.28. The van der Waals surface area contributed by atoms with Crippen LogP contribution in [0, 0.1) is 0 Å². The fraction of sp³-hybridized carbons (Fsp3) is 0.700. The smallest absolute Gasteiger partial charge is 0.329 e. The molecule has 0 aromatic carbocycles. The lowest BCUT2D eigenvalue weighted by Crippen LogP contribution is -2.44. The van der Waals surface area contributed by atoms with Crippen molar-refractivity contribution in [3.63, 3.8) is 0 Å². The number of carbonyl (C=O) groups excluding carboxylic acids is 3. The molecule has 6 nitrogen and oxygen atoms in total. The number of nitrogens with one attached hydrogen (secondary N) is 1. The molecule has 0 saturated heterocycles. The van der Waals surface area contributed by atoms with Crippen LogP contribution in [0.5, 0.6) is 0 Å². The van der Waals surface area contributed by atoms with Crippen molar-refractivity contribution in [2.75, 3.05) is 18.5 Å². The van der Waals surface area contributed by atoms with Gasteiger partial charge in [-0.2, -0.15) is 0 Å². The summed E-state index contributed by atoms with van der Waals surface area (Å²) >= 11 is 2.95. The Labute approximate surface area is 108 Å². The maximum atomic E-state index is 11.5. The molecule has 0 aromatic rings. The van der Waals surface area contributed by atoms with Crippen molar-refractivity contribution in [2.24, 2.45) is 0 Å². The lowest BCUT2D eigenvalue weighted by Gasteiger charge is -2.15. The second-order valence-electron chi connectivity index (χ2n) is 3.01. The largest absolute Gasteiger partial charge is 0.466 e. The van der Waals surface area contributed by atoms with E-state index in [1.807, 2.05) is 0 Å². The molecule has 17 heavy (non-hydrogen) atoms. The number of hydrogen-bond donors (Lipinski definition) is 1. The molecule has 0 heterocycles. The highest BCUT2D eigenvalue weighted by molar-refractivity contribution is 9.09. The number of ether oxygens (including phenoxy) is 2. The Bertz CT molecular complexity index is 282. The Morgan fingerprint density at radius 2 is 1.76 bits per heavy atom. The van der Waals surface area contributed by atoms with Crippen molar-refractivity contribution in [2.45, 2.75) is 26.3 Å². The number of hydrogen-bond acceptors (Lipinski definition) is 5. The van der Waals surface area contributed by atoms with Gasteiger partial charge in [-0.15, -0.1) is 0 Å². The predicted molar refractivity (Wildman–Crippen MR) is 63.6 cm³/mol. The molecule has 1 amide bonds. The van der Waals surface area contributed by atoms with E-state index in [4.69, 9.17) is 9.47 Å². The van der Waals surface area contributed by atoms with E-state index in [2.05, 4.69) is 21.2 Å². The molecule has 0 bridgehead atoms. The highest BCUT2D eigenvalue weighted by atomic mass is 79.9. The van der Waals surface area contributed by atoms with Gasteiger partial charge < -0.3 is 14.8 Å². The normalized spacial score (nSPS) is 11.5. The Morgan fingerprint density at radius 3 is 2.24 bits per heavy atom. The van der Waals surface area contributed by atoms with Gasteiger partial charge in [0, 0.05) is 0 Å². The fourth-order valence-electron chi connectivity index (χ4n) is 1.06.